The van der Waals surface area contributed by atoms with Gasteiger partial charge in [-0.1, -0.05) is 31.9 Å². The molecule has 1 aromatic rings. The summed E-state index contributed by atoms with van der Waals surface area (Å²) >= 11 is 0. The van der Waals surface area contributed by atoms with Crippen molar-refractivity contribution in [1.29, 1.82) is 0 Å². The molecule has 0 saturated heterocycles. The molecule has 2 unspecified atom stereocenters. The second kappa shape index (κ2) is 6.86. The van der Waals surface area contributed by atoms with Crippen LogP contribution in [-0.2, 0) is 6.54 Å². The van der Waals surface area contributed by atoms with Gasteiger partial charge in [-0.15, -0.1) is 0 Å². The summed E-state index contributed by atoms with van der Waals surface area (Å²) in [6.07, 6.45) is 5.35. The van der Waals surface area contributed by atoms with Crippen LogP contribution in [0.2, 0.25) is 0 Å². The van der Waals surface area contributed by atoms with Crippen LogP contribution in [0, 0.1) is 5.92 Å². The molecule has 20 heavy (non-hydrogen) atoms. The molecule has 2 rings (SSSR count). The largest absolute Gasteiger partial charge is 0.299 e. The van der Waals surface area contributed by atoms with E-state index in [1.807, 2.05) is 24.3 Å². The highest BCUT2D eigenvalue weighted by molar-refractivity contribution is 5.93. The standard InChI is InChI=1S/C16H25N3O/c1-12-5-3-4-6-15(12)19(2)11-13-7-9-14(10-8-13)16(20)18-17/h7-10,12,15H,3-6,11,17H2,1-2H3,(H,18,20). The summed E-state index contributed by atoms with van der Waals surface area (Å²) in [4.78, 5) is 13.8. The molecule has 3 N–H and O–H groups in total. The first-order valence-electron chi connectivity index (χ1n) is 7.42. The zero-order chi connectivity index (χ0) is 14.5. The molecule has 1 fully saturated rings. The van der Waals surface area contributed by atoms with Gasteiger partial charge in [0.15, 0.2) is 0 Å². The molecule has 0 heterocycles. The van der Waals surface area contributed by atoms with Crippen LogP contribution in [0.1, 0.15) is 48.5 Å². The first-order valence-corrected chi connectivity index (χ1v) is 7.42. The molecule has 4 heteroatoms. The van der Waals surface area contributed by atoms with E-state index in [9.17, 15) is 4.79 Å². The van der Waals surface area contributed by atoms with Gasteiger partial charge in [0.2, 0.25) is 0 Å². The number of hydrazine groups is 1. The number of carbonyl (C=O) groups excluding carboxylic acids is 1. The topological polar surface area (TPSA) is 58.4 Å². The van der Waals surface area contributed by atoms with Crippen molar-refractivity contribution in [2.24, 2.45) is 11.8 Å². The molecule has 110 valence electrons. The van der Waals surface area contributed by atoms with E-state index >= 15 is 0 Å². The zero-order valence-corrected chi connectivity index (χ0v) is 12.4. The lowest BCUT2D eigenvalue weighted by Crippen LogP contribution is -2.38. The number of nitrogens with one attached hydrogen (secondary N) is 1. The molecular formula is C16H25N3O. The molecule has 0 radical (unpaired) electrons. The minimum absolute atomic E-state index is 0.245. The Bertz CT molecular complexity index is 444. The third-order valence-corrected chi connectivity index (χ3v) is 4.41. The quantitative estimate of drug-likeness (QED) is 0.503. The fourth-order valence-corrected chi connectivity index (χ4v) is 3.20. The summed E-state index contributed by atoms with van der Waals surface area (Å²) in [7, 11) is 2.20. The van der Waals surface area contributed by atoms with Crippen LogP contribution in [0.25, 0.3) is 0 Å². The lowest BCUT2D eigenvalue weighted by molar-refractivity contribution is 0.0953. The summed E-state index contributed by atoms with van der Waals surface area (Å²) in [6, 6.07) is 8.35. The van der Waals surface area contributed by atoms with Crippen LogP contribution in [0.15, 0.2) is 24.3 Å². The summed E-state index contributed by atoms with van der Waals surface area (Å²) in [5.74, 6) is 5.66. The van der Waals surface area contributed by atoms with E-state index in [-0.39, 0.29) is 5.91 Å². The van der Waals surface area contributed by atoms with Gasteiger partial charge in [0.05, 0.1) is 0 Å². The van der Waals surface area contributed by atoms with Crippen LogP contribution >= 0.6 is 0 Å². The Labute approximate surface area is 121 Å². The molecule has 1 aliphatic rings. The number of amides is 1. The SMILES string of the molecule is CC1CCCCC1N(C)Cc1ccc(C(=O)NN)cc1. The lowest BCUT2D eigenvalue weighted by Gasteiger charge is -2.36. The number of nitrogens with zero attached hydrogens (tertiary/aromatic N) is 1. The van der Waals surface area contributed by atoms with Gasteiger partial charge in [0, 0.05) is 18.2 Å². The fraction of sp³-hybridized carbons (Fsp3) is 0.562. The van der Waals surface area contributed by atoms with Crippen molar-refractivity contribution in [2.75, 3.05) is 7.05 Å². The van der Waals surface area contributed by atoms with Crippen LogP contribution in [-0.4, -0.2) is 23.9 Å². The Morgan fingerprint density at radius 1 is 1.30 bits per heavy atom. The molecule has 0 aromatic heterocycles. The smallest absolute Gasteiger partial charge is 0.265 e. The Hall–Kier alpha value is -1.39. The normalized spacial score (nSPS) is 22.8. The minimum atomic E-state index is -0.245. The van der Waals surface area contributed by atoms with E-state index in [4.69, 9.17) is 5.84 Å². The number of carbonyl (C=O) groups is 1. The summed E-state index contributed by atoms with van der Waals surface area (Å²) in [6.45, 7) is 3.29. The highest BCUT2D eigenvalue weighted by atomic mass is 16.2. The van der Waals surface area contributed by atoms with Gasteiger partial charge in [-0.25, -0.2) is 5.84 Å². The minimum Gasteiger partial charge on any atom is -0.299 e. The van der Waals surface area contributed by atoms with E-state index in [0.29, 0.717) is 11.6 Å². The van der Waals surface area contributed by atoms with Crippen LogP contribution < -0.4 is 11.3 Å². The Kier molecular flexibility index (Phi) is 5.15. The van der Waals surface area contributed by atoms with Crippen LogP contribution in [0.4, 0.5) is 0 Å². The molecular weight excluding hydrogens is 250 g/mol. The van der Waals surface area contributed by atoms with Crippen molar-refractivity contribution >= 4 is 5.91 Å². The van der Waals surface area contributed by atoms with E-state index in [2.05, 4.69) is 24.3 Å². The lowest BCUT2D eigenvalue weighted by atomic mass is 9.85. The summed E-state index contributed by atoms with van der Waals surface area (Å²) < 4.78 is 0. The number of hydrogen-bond acceptors (Lipinski definition) is 3. The number of nitrogen functional groups attached to an aromatic ring is 1. The second-order valence-electron chi connectivity index (χ2n) is 5.91. The number of nitrogens with two attached hydrogens (primary N) is 1. The molecule has 1 aromatic carbocycles. The van der Waals surface area contributed by atoms with Crippen molar-refractivity contribution in [3.8, 4) is 0 Å². The predicted octanol–water partition coefficient (Wildman–Crippen LogP) is 2.30. The monoisotopic (exact) mass is 275 g/mol. The second-order valence-corrected chi connectivity index (χ2v) is 5.91. The van der Waals surface area contributed by atoms with Crippen LogP contribution in [0.5, 0.6) is 0 Å². The maximum absolute atomic E-state index is 11.4. The van der Waals surface area contributed by atoms with Crippen molar-refractivity contribution in [3.05, 3.63) is 35.4 Å². The van der Waals surface area contributed by atoms with Crippen molar-refractivity contribution < 1.29 is 4.79 Å². The first-order chi connectivity index (χ1) is 9.61. The molecule has 1 aliphatic carbocycles. The molecule has 4 nitrogen and oxygen atoms in total. The van der Waals surface area contributed by atoms with Gasteiger partial charge >= 0.3 is 0 Å². The van der Waals surface area contributed by atoms with Crippen molar-refractivity contribution in [1.82, 2.24) is 10.3 Å². The van der Waals surface area contributed by atoms with Gasteiger partial charge in [0.25, 0.3) is 5.91 Å². The van der Waals surface area contributed by atoms with Gasteiger partial charge in [-0.2, -0.15) is 0 Å². The van der Waals surface area contributed by atoms with Gasteiger partial charge in [-0.05, 0) is 43.5 Å². The molecule has 0 aliphatic heterocycles. The number of benzene rings is 1. The fourth-order valence-electron chi connectivity index (χ4n) is 3.20. The Morgan fingerprint density at radius 3 is 2.55 bits per heavy atom. The zero-order valence-electron chi connectivity index (χ0n) is 12.4. The molecule has 0 bridgehead atoms. The summed E-state index contributed by atoms with van der Waals surface area (Å²) in [5.41, 5.74) is 3.99. The van der Waals surface area contributed by atoms with Crippen molar-refractivity contribution in [2.45, 2.75) is 45.2 Å². The van der Waals surface area contributed by atoms with Gasteiger partial charge in [-0.3, -0.25) is 15.1 Å². The predicted molar refractivity (Wildman–Crippen MR) is 81.0 cm³/mol. The third-order valence-electron chi connectivity index (χ3n) is 4.41. The number of rotatable bonds is 4. The first kappa shape index (κ1) is 15.0. The van der Waals surface area contributed by atoms with E-state index < -0.39 is 0 Å². The average molecular weight is 275 g/mol. The van der Waals surface area contributed by atoms with Crippen LogP contribution in [0.3, 0.4) is 0 Å². The molecule has 1 amide bonds. The average Bonchev–Trinajstić information content (AvgIpc) is 2.47. The number of hydrogen-bond donors (Lipinski definition) is 2. The molecule has 2 atom stereocenters. The van der Waals surface area contributed by atoms with Crippen molar-refractivity contribution in [3.63, 3.8) is 0 Å². The van der Waals surface area contributed by atoms with Gasteiger partial charge < -0.3 is 0 Å². The Morgan fingerprint density at radius 2 is 1.95 bits per heavy atom. The Balaban J connectivity index is 1.97. The maximum atomic E-state index is 11.4. The summed E-state index contributed by atoms with van der Waals surface area (Å²) in [5, 5.41) is 0. The highest BCUT2D eigenvalue weighted by Crippen LogP contribution is 2.28. The maximum Gasteiger partial charge on any atom is 0.265 e. The van der Waals surface area contributed by atoms with E-state index in [1.165, 1.54) is 31.2 Å². The van der Waals surface area contributed by atoms with Gasteiger partial charge in [0.1, 0.15) is 0 Å². The van der Waals surface area contributed by atoms with E-state index in [1.54, 1.807) is 0 Å². The van der Waals surface area contributed by atoms with E-state index in [0.717, 1.165) is 12.5 Å². The molecule has 1 saturated carbocycles. The third kappa shape index (κ3) is 3.58. The highest BCUT2D eigenvalue weighted by Gasteiger charge is 2.24. The molecule has 0 spiro atoms.